The molecule has 4 aliphatic carbocycles. The molecule has 1 N–H and O–H groups in total. The van der Waals surface area contributed by atoms with E-state index in [2.05, 4.69) is 30.3 Å². The van der Waals surface area contributed by atoms with Crippen LogP contribution in [0.1, 0.15) is 119 Å². The lowest BCUT2D eigenvalue weighted by Gasteiger charge is -2.25. The van der Waals surface area contributed by atoms with E-state index in [4.69, 9.17) is 4.84 Å². The fourth-order valence-corrected chi connectivity index (χ4v) is 8.03. The van der Waals surface area contributed by atoms with Gasteiger partial charge in [-0.15, -0.1) is 0 Å². The van der Waals surface area contributed by atoms with Crippen molar-refractivity contribution in [1.82, 2.24) is 0 Å². The Morgan fingerprint density at radius 2 is 1.71 bits per heavy atom. The third kappa shape index (κ3) is 5.44. The van der Waals surface area contributed by atoms with Gasteiger partial charge in [-0.25, -0.2) is 4.39 Å². The Kier molecular flexibility index (Phi) is 7.06. The van der Waals surface area contributed by atoms with E-state index in [1.807, 2.05) is 19.1 Å². The van der Waals surface area contributed by atoms with E-state index in [0.29, 0.717) is 23.7 Å². The Labute approximate surface area is 249 Å². The number of oxime groups is 1. The predicted molar refractivity (Wildman–Crippen MR) is 164 cm³/mol. The van der Waals surface area contributed by atoms with Gasteiger partial charge >= 0.3 is 5.97 Å². The molecule has 0 saturated heterocycles. The first-order valence-corrected chi connectivity index (χ1v) is 16.3. The van der Waals surface area contributed by atoms with Crippen molar-refractivity contribution in [3.63, 3.8) is 0 Å². The zero-order valence-electron chi connectivity index (χ0n) is 25.1. The number of benzene rings is 2. The fraction of sp³-hybridized carbons (Fsp3) is 0.568. The molecule has 3 fully saturated rings. The van der Waals surface area contributed by atoms with Crippen LogP contribution in [0.4, 0.5) is 4.39 Å². The molecule has 0 bridgehead atoms. The summed E-state index contributed by atoms with van der Waals surface area (Å²) in [7, 11) is 0. The average molecular weight is 570 g/mol. The number of carbonyl (C=O) groups is 1. The predicted octanol–water partition coefficient (Wildman–Crippen LogP) is 9.33. The number of hydrogen-bond donors (Lipinski definition) is 1. The van der Waals surface area contributed by atoms with Crippen LogP contribution in [0.5, 0.6) is 0 Å². The minimum atomic E-state index is -0.653. The standard InChI is InChI=1S/C37H44FNO3/c1-23(26-4-3-15-36(2,16-14-26)35(40)41)33-22-37(42-39-33)17-13-24(21-37)18-25-19-31(27-5-6-27)34(32(20-25)28-7-8-28)29-9-11-30(38)12-10-29/h9-13,19-20,23,26-28H,3-8,14-18,21-22H2,1-2H3,(H,40,41). The molecule has 2 aromatic carbocycles. The maximum Gasteiger partial charge on any atom is 0.309 e. The zero-order chi connectivity index (χ0) is 29.1. The topological polar surface area (TPSA) is 58.9 Å². The molecule has 4 atom stereocenters. The molecule has 1 heterocycles. The molecular weight excluding hydrogens is 525 g/mol. The van der Waals surface area contributed by atoms with Gasteiger partial charge in [0.15, 0.2) is 0 Å². The summed E-state index contributed by atoms with van der Waals surface area (Å²) in [6, 6.07) is 12.0. The van der Waals surface area contributed by atoms with Gasteiger partial charge < -0.3 is 9.94 Å². The number of rotatable bonds is 8. The summed E-state index contributed by atoms with van der Waals surface area (Å²) in [5.41, 5.74) is 8.64. The van der Waals surface area contributed by atoms with Crippen molar-refractivity contribution >= 4 is 11.7 Å². The maximum atomic E-state index is 13.8. The number of carboxylic acid groups (broad SMARTS) is 1. The monoisotopic (exact) mass is 569 g/mol. The van der Waals surface area contributed by atoms with Crippen LogP contribution in [0.25, 0.3) is 11.1 Å². The second-order valence-corrected chi connectivity index (χ2v) is 14.5. The van der Waals surface area contributed by atoms with Gasteiger partial charge in [0, 0.05) is 25.2 Å². The van der Waals surface area contributed by atoms with E-state index < -0.39 is 11.4 Å². The van der Waals surface area contributed by atoms with Crippen LogP contribution in [-0.4, -0.2) is 22.4 Å². The third-order valence-electron chi connectivity index (χ3n) is 11.1. The summed E-state index contributed by atoms with van der Waals surface area (Å²) in [4.78, 5) is 18.1. The van der Waals surface area contributed by atoms with E-state index in [1.54, 1.807) is 12.1 Å². The number of aliphatic carboxylic acids is 1. The Balaban J connectivity index is 1.04. The van der Waals surface area contributed by atoms with Crippen molar-refractivity contribution in [1.29, 1.82) is 0 Å². The first-order valence-electron chi connectivity index (χ1n) is 16.3. The Bertz CT molecular complexity index is 1400. The Hall–Kier alpha value is -2.95. The zero-order valence-corrected chi connectivity index (χ0v) is 25.1. The molecule has 4 nitrogen and oxygen atoms in total. The molecule has 5 heteroatoms. The normalized spacial score (nSPS) is 30.0. The van der Waals surface area contributed by atoms with E-state index in [1.165, 1.54) is 59.2 Å². The number of nitrogens with zero attached hydrogens (tertiary/aromatic N) is 1. The fourth-order valence-electron chi connectivity index (χ4n) is 8.03. The number of hydrogen-bond acceptors (Lipinski definition) is 3. The highest BCUT2D eigenvalue weighted by Crippen LogP contribution is 2.52. The van der Waals surface area contributed by atoms with E-state index in [-0.39, 0.29) is 11.4 Å². The first-order chi connectivity index (χ1) is 20.2. The molecule has 0 amide bonds. The number of carboxylic acids is 1. The van der Waals surface area contributed by atoms with Gasteiger partial charge in [0.25, 0.3) is 0 Å². The first kappa shape index (κ1) is 27.9. The smallest absolute Gasteiger partial charge is 0.309 e. The van der Waals surface area contributed by atoms with Crippen LogP contribution < -0.4 is 0 Å². The third-order valence-corrected chi connectivity index (χ3v) is 11.1. The van der Waals surface area contributed by atoms with Gasteiger partial charge in [0.1, 0.15) is 11.4 Å². The summed E-state index contributed by atoms with van der Waals surface area (Å²) in [6.07, 6.45) is 15.5. The van der Waals surface area contributed by atoms with Crippen LogP contribution in [-0.2, 0) is 16.1 Å². The molecule has 3 saturated carbocycles. The van der Waals surface area contributed by atoms with Gasteiger partial charge in [0.2, 0.25) is 0 Å². The molecule has 0 aromatic heterocycles. The highest BCUT2D eigenvalue weighted by Gasteiger charge is 2.45. The summed E-state index contributed by atoms with van der Waals surface area (Å²) in [6.45, 7) is 4.19. The quantitative estimate of drug-likeness (QED) is 0.255. The second kappa shape index (κ2) is 10.6. The molecule has 4 unspecified atom stereocenters. The number of halogens is 1. The summed E-state index contributed by atoms with van der Waals surface area (Å²) in [5.74, 6) is 1.22. The van der Waals surface area contributed by atoms with Crippen LogP contribution >= 0.6 is 0 Å². The van der Waals surface area contributed by atoms with Gasteiger partial charge in [0.05, 0.1) is 11.1 Å². The van der Waals surface area contributed by atoms with Crippen LogP contribution in [0.2, 0.25) is 0 Å². The lowest BCUT2D eigenvalue weighted by molar-refractivity contribution is -0.148. The lowest BCUT2D eigenvalue weighted by Crippen LogP contribution is -2.29. The van der Waals surface area contributed by atoms with E-state index in [0.717, 1.165) is 63.4 Å². The minimum absolute atomic E-state index is 0.176. The van der Waals surface area contributed by atoms with Gasteiger partial charge in [-0.05, 0) is 122 Å². The molecule has 5 aliphatic rings. The minimum Gasteiger partial charge on any atom is -0.481 e. The molecule has 1 spiro atoms. The van der Waals surface area contributed by atoms with Crippen molar-refractivity contribution in [2.24, 2.45) is 22.4 Å². The Morgan fingerprint density at radius 3 is 2.36 bits per heavy atom. The lowest BCUT2D eigenvalue weighted by atomic mass is 9.78. The van der Waals surface area contributed by atoms with E-state index >= 15 is 0 Å². The van der Waals surface area contributed by atoms with Crippen LogP contribution in [0, 0.1) is 23.1 Å². The molecule has 0 radical (unpaired) electrons. The summed E-state index contributed by atoms with van der Waals surface area (Å²) in [5, 5.41) is 14.4. The van der Waals surface area contributed by atoms with Crippen molar-refractivity contribution in [2.75, 3.05) is 0 Å². The van der Waals surface area contributed by atoms with Crippen molar-refractivity contribution in [3.05, 3.63) is 70.6 Å². The summed E-state index contributed by atoms with van der Waals surface area (Å²) < 4.78 is 13.8. The molecule has 7 rings (SSSR count). The van der Waals surface area contributed by atoms with Crippen molar-refractivity contribution in [2.45, 2.75) is 115 Å². The van der Waals surface area contributed by atoms with Crippen molar-refractivity contribution < 1.29 is 19.1 Å². The molecular formula is C37H44FNO3. The molecule has 1 aliphatic heterocycles. The molecule has 222 valence electrons. The van der Waals surface area contributed by atoms with Crippen LogP contribution in [0.3, 0.4) is 0 Å². The van der Waals surface area contributed by atoms with Gasteiger partial charge in [-0.3, -0.25) is 4.79 Å². The Morgan fingerprint density at radius 1 is 1.02 bits per heavy atom. The maximum absolute atomic E-state index is 13.8. The summed E-state index contributed by atoms with van der Waals surface area (Å²) >= 11 is 0. The SMILES string of the molecule is CC(C1=NOC2(CC=C(Cc3cc(C4CC4)c(-c4ccc(F)cc4)c(C4CC4)c3)C2)C1)C1CCCC(C)(C(=O)O)CC1. The van der Waals surface area contributed by atoms with Gasteiger partial charge in [-0.1, -0.05) is 54.4 Å². The largest absolute Gasteiger partial charge is 0.481 e. The molecule has 42 heavy (non-hydrogen) atoms. The molecule has 2 aromatic rings. The van der Waals surface area contributed by atoms with Gasteiger partial charge in [-0.2, -0.15) is 0 Å². The highest BCUT2D eigenvalue weighted by molar-refractivity contribution is 5.88. The van der Waals surface area contributed by atoms with Crippen molar-refractivity contribution in [3.8, 4) is 11.1 Å². The average Bonchev–Trinajstić information content (AvgIpc) is 3.91. The van der Waals surface area contributed by atoms with Crippen LogP contribution in [0.15, 0.2) is 53.2 Å². The van der Waals surface area contributed by atoms with E-state index in [9.17, 15) is 14.3 Å². The highest BCUT2D eigenvalue weighted by atomic mass is 19.1. The second-order valence-electron chi connectivity index (χ2n) is 14.5.